The van der Waals surface area contributed by atoms with E-state index in [1.165, 1.54) is 0 Å². The number of anilines is 1. The molecule has 18 heavy (non-hydrogen) atoms. The van der Waals surface area contributed by atoms with Crippen LogP contribution in [-0.2, 0) is 6.54 Å². The summed E-state index contributed by atoms with van der Waals surface area (Å²) in [4.78, 5) is 2.22. The summed E-state index contributed by atoms with van der Waals surface area (Å²) >= 11 is 6.28. The molecule has 0 amide bonds. The van der Waals surface area contributed by atoms with Crippen molar-refractivity contribution in [1.29, 1.82) is 0 Å². The summed E-state index contributed by atoms with van der Waals surface area (Å²) in [6.07, 6.45) is 0.782. The fraction of sp³-hybridized carbons (Fsp3) is 0.571. The number of aliphatic hydroxyl groups is 1. The van der Waals surface area contributed by atoms with E-state index < -0.39 is 0 Å². The maximum absolute atomic E-state index is 8.89. The number of benzene rings is 1. The molecule has 0 spiro atoms. The molecule has 0 fully saturated rings. The van der Waals surface area contributed by atoms with Crippen molar-refractivity contribution >= 4 is 17.3 Å². The number of aliphatic hydroxyl groups excluding tert-OH is 1. The van der Waals surface area contributed by atoms with Gasteiger partial charge in [-0.1, -0.05) is 24.6 Å². The summed E-state index contributed by atoms with van der Waals surface area (Å²) in [5, 5.41) is 13.0. The minimum Gasteiger partial charge on any atom is -0.396 e. The van der Waals surface area contributed by atoms with E-state index in [1.807, 2.05) is 6.07 Å². The van der Waals surface area contributed by atoms with Crippen LogP contribution in [0.1, 0.15) is 25.8 Å². The van der Waals surface area contributed by atoms with E-state index in [9.17, 15) is 0 Å². The molecule has 0 saturated carbocycles. The highest BCUT2D eigenvalue weighted by molar-refractivity contribution is 6.31. The Balaban J connectivity index is 2.74. The first-order valence-corrected chi connectivity index (χ1v) is 6.95. The Hall–Kier alpha value is -0.770. The molecule has 1 aromatic rings. The van der Waals surface area contributed by atoms with Gasteiger partial charge in [0.25, 0.3) is 0 Å². The lowest BCUT2D eigenvalue weighted by Crippen LogP contribution is -2.24. The molecule has 1 aromatic carbocycles. The quantitative estimate of drug-likeness (QED) is 0.762. The maximum Gasteiger partial charge on any atom is 0.0471 e. The van der Waals surface area contributed by atoms with Crippen molar-refractivity contribution in [3.8, 4) is 0 Å². The minimum atomic E-state index is 0.225. The Kier molecular flexibility index (Phi) is 7.09. The summed E-state index contributed by atoms with van der Waals surface area (Å²) in [5.41, 5.74) is 2.25. The molecule has 0 aliphatic carbocycles. The van der Waals surface area contributed by atoms with Crippen molar-refractivity contribution in [2.75, 3.05) is 31.1 Å². The maximum atomic E-state index is 8.89. The molecular formula is C14H23ClN2O. The van der Waals surface area contributed by atoms with Crippen molar-refractivity contribution in [3.63, 3.8) is 0 Å². The zero-order valence-electron chi connectivity index (χ0n) is 11.2. The lowest BCUT2D eigenvalue weighted by atomic mass is 10.2. The van der Waals surface area contributed by atoms with E-state index in [1.54, 1.807) is 0 Å². The Bertz CT molecular complexity index is 358. The normalized spacial score (nSPS) is 10.7. The number of nitrogens with zero attached hydrogens (tertiary/aromatic N) is 1. The van der Waals surface area contributed by atoms with Gasteiger partial charge in [0.15, 0.2) is 0 Å². The van der Waals surface area contributed by atoms with Crippen molar-refractivity contribution in [2.45, 2.75) is 26.8 Å². The van der Waals surface area contributed by atoms with E-state index >= 15 is 0 Å². The van der Waals surface area contributed by atoms with Gasteiger partial charge in [-0.2, -0.15) is 0 Å². The van der Waals surface area contributed by atoms with Crippen molar-refractivity contribution in [3.05, 3.63) is 28.8 Å². The third-order valence-corrected chi connectivity index (χ3v) is 3.29. The minimum absolute atomic E-state index is 0.225. The molecule has 0 unspecified atom stereocenters. The van der Waals surface area contributed by atoms with Crippen molar-refractivity contribution in [2.24, 2.45) is 0 Å². The van der Waals surface area contributed by atoms with Crippen LogP contribution in [0.15, 0.2) is 18.2 Å². The Morgan fingerprint density at radius 2 is 2.11 bits per heavy atom. The van der Waals surface area contributed by atoms with Crippen LogP contribution in [0.2, 0.25) is 5.02 Å². The summed E-state index contributed by atoms with van der Waals surface area (Å²) in [6, 6.07) is 6.18. The molecule has 3 nitrogen and oxygen atoms in total. The second kappa shape index (κ2) is 8.35. The van der Waals surface area contributed by atoms with E-state index in [-0.39, 0.29) is 6.61 Å². The predicted molar refractivity (Wildman–Crippen MR) is 78.4 cm³/mol. The zero-order valence-corrected chi connectivity index (χ0v) is 12.0. The SMILES string of the molecule is CCNCc1ccc(N(CC)CCCO)cc1Cl. The van der Waals surface area contributed by atoms with Crippen LogP contribution in [0.4, 0.5) is 5.69 Å². The number of rotatable bonds is 8. The summed E-state index contributed by atoms with van der Waals surface area (Å²) in [5.74, 6) is 0. The molecule has 0 bridgehead atoms. The number of hydrogen-bond acceptors (Lipinski definition) is 3. The predicted octanol–water partition coefficient (Wildman–Crippen LogP) is 2.66. The molecular weight excluding hydrogens is 248 g/mol. The van der Waals surface area contributed by atoms with Gasteiger partial charge in [-0.3, -0.25) is 0 Å². The Labute approximate surface area is 115 Å². The highest BCUT2D eigenvalue weighted by atomic mass is 35.5. The molecule has 4 heteroatoms. The first-order valence-electron chi connectivity index (χ1n) is 6.57. The van der Waals surface area contributed by atoms with Gasteiger partial charge < -0.3 is 15.3 Å². The monoisotopic (exact) mass is 270 g/mol. The molecule has 102 valence electrons. The molecule has 0 aromatic heterocycles. The highest BCUT2D eigenvalue weighted by Gasteiger charge is 2.07. The Morgan fingerprint density at radius 1 is 1.33 bits per heavy atom. The van der Waals surface area contributed by atoms with Crippen LogP contribution in [0.25, 0.3) is 0 Å². The van der Waals surface area contributed by atoms with Gasteiger partial charge in [-0.25, -0.2) is 0 Å². The van der Waals surface area contributed by atoms with Crippen LogP contribution < -0.4 is 10.2 Å². The number of nitrogens with one attached hydrogen (secondary N) is 1. The van der Waals surface area contributed by atoms with Gasteiger partial charge >= 0.3 is 0 Å². The Morgan fingerprint density at radius 3 is 2.67 bits per heavy atom. The van der Waals surface area contributed by atoms with Crippen molar-refractivity contribution in [1.82, 2.24) is 5.32 Å². The van der Waals surface area contributed by atoms with E-state index in [2.05, 4.69) is 36.2 Å². The van der Waals surface area contributed by atoms with Crippen LogP contribution in [-0.4, -0.2) is 31.3 Å². The van der Waals surface area contributed by atoms with Gasteiger partial charge in [-0.05, 0) is 37.6 Å². The standard InChI is InChI=1S/C14H23ClN2O/c1-3-16-11-12-6-7-13(10-14(12)15)17(4-2)8-5-9-18/h6-7,10,16,18H,3-5,8-9,11H2,1-2H3. The van der Waals surface area contributed by atoms with Crippen LogP contribution in [0.5, 0.6) is 0 Å². The summed E-state index contributed by atoms with van der Waals surface area (Å²) < 4.78 is 0. The zero-order chi connectivity index (χ0) is 13.4. The van der Waals surface area contributed by atoms with Gasteiger partial charge in [0.05, 0.1) is 0 Å². The molecule has 0 heterocycles. The van der Waals surface area contributed by atoms with Crippen LogP contribution in [0.3, 0.4) is 0 Å². The fourth-order valence-corrected chi connectivity index (χ4v) is 2.11. The van der Waals surface area contributed by atoms with Gasteiger partial charge in [-0.15, -0.1) is 0 Å². The molecule has 0 saturated heterocycles. The lowest BCUT2D eigenvalue weighted by molar-refractivity contribution is 0.289. The highest BCUT2D eigenvalue weighted by Crippen LogP contribution is 2.23. The number of halogens is 1. The fourth-order valence-electron chi connectivity index (χ4n) is 1.87. The summed E-state index contributed by atoms with van der Waals surface area (Å²) in [7, 11) is 0. The first kappa shape index (κ1) is 15.3. The van der Waals surface area contributed by atoms with E-state index in [0.29, 0.717) is 0 Å². The molecule has 0 aliphatic rings. The smallest absolute Gasteiger partial charge is 0.0471 e. The molecule has 0 radical (unpaired) electrons. The van der Waals surface area contributed by atoms with E-state index in [4.69, 9.17) is 16.7 Å². The van der Waals surface area contributed by atoms with Crippen LogP contribution >= 0.6 is 11.6 Å². The van der Waals surface area contributed by atoms with Gasteiger partial charge in [0, 0.05) is 37.0 Å². The van der Waals surface area contributed by atoms with E-state index in [0.717, 1.165) is 48.9 Å². The molecule has 0 atom stereocenters. The summed E-state index contributed by atoms with van der Waals surface area (Å²) in [6.45, 7) is 7.93. The molecule has 0 aliphatic heterocycles. The molecule has 1 rings (SSSR count). The third-order valence-electron chi connectivity index (χ3n) is 2.94. The van der Waals surface area contributed by atoms with Gasteiger partial charge in [0.2, 0.25) is 0 Å². The largest absolute Gasteiger partial charge is 0.396 e. The average Bonchev–Trinajstić information content (AvgIpc) is 2.38. The van der Waals surface area contributed by atoms with Crippen LogP contribution in [0, 0.1) is 0 Å². The lowest BCUT2D eigenvalue weighted by Gasteiger charge is -2.23. The second-order valence-electron chi connectivity index (χ2n) is 4.21. The molecule has 2 N–H and O–H groups in total. The van der Waals surface area contributed by atoms with Crippen molar-refractivity contribution < 1.29 is 5.11 Å². The first-order chi connectivity index (χ1) is 8.72. The van der Waals surface area contributed by atoms with Gasteiger partial charge in [0.1, 0.15) is 0 Å². The second-order valence-corrected chi connectivity index (χ2v) is 4.62. The topological polar surface area (TPSA) is 35.5 Å². The third kappa shape index (κ3) is 4.48. The number of hydrogen-bond donors (Lipinski definition) is 2. The average molecular weight is 271 g/mol.